The van der Waals surface area contributed by atoms with E-state index >= 15 is 4.39 Å². The zero-order valence-electron chi connectivity index (χ0n) is 15.7. The van der Waals surface area contributed by atoms with E-state index in [0.29, 0.717) is 12.8 Å². The lowest BCUT2D eigenvalue weighted by Gasteiger charge is -2.25. The number of nitrogens with one attached hydrogen (secondary N) is 1. The number of nitrogen functional groups attached to an aromatic ring is 1. The van der Waals surface area contributed by atoms with Crippen LogP contribution in [0.3, 0.4) is 0 Å². The van der Waals surface area contributed by atoms with Gasteiger partial charge in [-0.3, -0.25) is 14.3 Å². The van der Waals surface area contributed by atoms with Crippen molar-refractivity contribution in [2.75, 3.05) is 37.4 Å². The number of aromatic amines is 1. The Morgan fingerprint density at radius 2 is 2.03 bits per heavy atom. The molecule has 158 valence electrons. The average molecular weight is 412 g/mol. The molecule has 0 radical (unpaired) electrons. The lowest BCUT2D eigenvalue weighted by atomic mass is 10.0. The molecule has 29 heavy (non-hydrogen) atoms. The number of hydrogen-bond acceptors (Lipinski definition) is 7. The summed E-state index contributed by atoms with van der Waals surface area (Å²) in [5.41, 5.74) is 3.87. The number of aromatic nitrogens is 2. The first-order valence-electron chi connectivity index (χ1n) is 9.31. The number of aliphatic hydroxyl groups is 2. The second kappa shape index (κ2) is 6.99. The minimum atomic E-state index is -1.53. The van der Waals surface area contributed by atoms with Gasteiger partial charge >= 0.3 is 5.69 Å². The Kier molecular flexibility index (Phi) is 4.74. The lowest BCUT2D eigenvalue weighted by molar-refractivity contribution is 0.0306. The number of methoxy groups -OCH3 is 1. The molecule has 1 aliphatic heterocycles. The minimum absolute atomic E-state index is 0.0687. The highest BCUT2D eigenvalue weighted by atomic mass is 19.1. The highest BCUT2D eigenvalue weighted by molar-refractivity contribution is 5.99. The Hall–Kier alpha value is -2.66. The molecule has 2 aliphatic rings. The van der Waals surface area contributed by atoms with Crippen molar-refractivity contribution in [1.82, 2.24) is 9.55 Å². The molecule has 2 aromatic rings. The first-order chi connectivity index (χ1) is 13.8. The number of benzene rings is 1. The standard InChI is InChI=1S/C18H22F2N4O5/c1-29-16-14-11(17(27)22-18(28)24(14)7-2-3-7)13(21)12(20)15(16)23-4-8(9(19)5-23)10(26)6-25/h7-10,25-26H,2-6,21H2,1H3,(H,22,27,28). The maximum Gasteiger partial charge on any atom is 0.329 e. The number of nitrogens with two attached hydrogens (primary N) is 1. The van der Waals surface area contributed by atoms with E-state index in [1.165, 1.54) is 16.6 Å². The van der Waals surface area contributed by atoms with Gasteiger partial charge in [0.05, 0.1) is 30.9 Å². The third-order valence-electron chi connectivity index (χ3n) is 5.69. The van der Waals surface area contributed by atoms with Crippen LogP contribution in [-0.4, -0.2) is 58.8 Å². The Bertz CT molecular complexity index is 1080. The highest BCUT2D eigenvalue weighted by Crippen LogP contribution is 2.46. The number of anilines is 2. The number of halogens is 2. The molecule has 2 heterocycles. The number of ether oxygens (including phenoxy) is 1. The molecule has 9 nitrogen and oxygen atoms in total. The monoisotopic (exact) mass is 412 g/mol. The van der Waals surface area contributed by atoms with Gasteiger partial charge in [0.1, 0.15) is 17.4 Å². The van der Waals surface area contributed by atoms with E-state index in [4.69, 9.17) is 15.6 Å². The predicted molar refractivity (Wildman–Crippen MR) is 102 cm³/mol. The van der Waals surface area contributed by atoms with Crippen LogP contribution < -0.4 is 26.6 Å². The zero-order chi connectivity index (χ0) is 21.0. The minimum Gasteiger partial charge on any atom is -0.492 e. The molecule has 0 amide bonds. The van der Waals surface area contributed by atoms with Crippen molar-refractivity contribution in [2.24, 2.45) is 5.92 Å². The van der Waals surface area contributed by atoms with Crippen molar-refractivity contribution in [3.63, 3.8) is 0 Å². The molecule has 4 rings (SSSR count). The zero-order valence-corrected chi connectivity index (χ0v) is 15.7. The lowest BCUT2D eigenvalue weighted by Crippen LogP contribution is -2.32. The first kappa shape index (κ1) is 19.6. The summed E-state index contributed by atoms with van der Waals surface area (Å²) in [6.07, 6.45) is -1.42. The quantitative estimate of drug-likeness (QED) is 0.503. The first-order valence-corrected chi connectivity index (χ1v) is 9.31. The molecule has 3 atom stereocenters. The third kappa shape index (κ3) is 2.96. The van der Waals surface area contributed by atoms with Gasteiger partial charge in [-0.05, 0) is 12.8 Å². The summed E-state index contributed by atoms with van der Waals surface area (Å²) < 4.78 is 36.5. The maximum absolute atomic E-state index is 15.3. The highest BCUT2D eigenvalue weighted by Gasteiger charge is 2.41. The van der Waals surface area contributed by atoms with E-state index in [9.17, 15) is 19.1 Å². The van der Waals surface area contributed by atoms with Crippen molar-refractivity contribution in [3.05, 3.63) is 26.7 Å². The average Bonchev–Trinajstić information content (AvgIpc) is 3.44. The van der Waals surface area contributed by atoms with Crippen molar-refractivity contribution in [2.45, 2.75) is 31.2 Å². The topological polar surface area (TPSA) is 134 Å². The molecule has 1 aromatic carbocycles. The summed E-state index contributed by atoms with van der Waals surface area (Å²) in [7, 11) is 1.26. The van der Waals surface area contributed by atoms with Crippen LogP contribution in [0.25, 0.3) is 10.9 Å². The van der Waals surface area contributed by atoms with Crippen LogP contribution >= 0.6 is 0 Å². The van der Waals surface area contributed by atoms with Crippen LogP contribution in [0.5, 0.6) is 5.75 Å². The number of H-pyrrole nitrogens is 1. The second-order valence-corrected chi connectivity index (χ2v) is 7.53. The molecular formula is C18H22F2N4O5. The van der Waals surface area contributed by atoms with Crippen LogP contribution in [0.2, 0.25) is 0 Å². The summed E-state index contributed by atoms with van der Waals surface area (Å²) in [6.45, 7) is -0.996. The molecule has 2 fully saturated rings. The number of fused-ring (bicyclic) bond motifs is 1. The molecule has 1 aromatic heterocycles. The Balaban J connectivity index is 1.99. The molecule has 1 saturated carbocycles. The largest absolute Gasteiger partial charge is 0.492 e. The Morgan fingerprint density at radius 1 is 1.34 bits per heavy atom. The molecule has 1 aliphatic carbocycles. The summed E-state index contributed by atoms with van der Waals surface area (Å²) in [6, 6.07) is -0.176. The van der Waals surface area contributed by atoms with E-state index in [1.807, 2.05) is 0 Å². The van der Waals surface area contributed by atoms with Gasteiger partial charge in [-0.2, -0.15) is 0 Å². The van der Waals surface area contributed by atoms with Gasteiger partial charge in [-0.15, -0.1) is 0 Å². The molecule has 11 heteroatoms. The number of aliphatic hydroxyl groups excluding tert-OH is 2. The normalized spacial score (nSPS) is 23.0. The van der Waals surface area contributed by atoms with Crippen molar-refractivity contribution in [3.8, 4) is 5.75 Å². The maximum atomic E-state index is 15.3. The summed E-state index contributed by atoms with van der Waals surface area (Å²) in [5, 5.41) is 18.8. The number of nitrogens with zero attached hydrogens (tertiary/aromatic N) is 2. The van der Waals surface area contributed by atoms with Crippen LogP contribution in [0, 0.1) is 11.7 Å². The third-order valence-corrected chi connectivity index (χ3v) is 5.69. The van der Waals surface area contributed by atoms with Gasteiger partial charge in [-0.1, -0.05) is 0 Å². The van der Waals surface area contributed by atoms with Gasteiger partial charge in [0.15, 0.2) is 11.6 Å². The fraction of sp³-hybridized carbons (Fsp3) is 0.556. The van der Waals surface area contributed by atoms with E-state index < -0.39 is 47.6 Å². The molecule has 0 bridgehead atoms. The van der Waals surface area contributed by atoms with E-state index in [-0.39, 0.29) is 41.5 Å². The van der Waals surface area contributed by atoms with Gasteiger partial charge in [-0.25, -0.2) is 13.6 Å². The van der Waals surface area contributed by atoms with Gasteiger partial charge < -0.3 is 25.6 Å². The smallest absolute Gasteiger partial charge is 0.329 e. The summed E-state index contributed by atoms with van der Waals surface area (Å²) in [4.78, 5) is 28.3. The van der Waals surface area contributed by atoms with Gasteiger partial charge in [0, 0.05) is 25.0 Å². The van der Waals surface area contributed by atoms with Crippen molar-refractivity contribution >= 4 is 22.3 Å². The fourth-order valence-electron chi connectivity index (χ4n) is 4.10. The van der Waals surface area contributed by atoms with Crippen molar-refractivity contribution < 1.29 is 23.7 Å². The molecule has 3 unspecified atom stereocenters. The molecule has 1 saturated heterocycles. The van der Waals surface area contributed by atoms with E-state index in [2.05, 4.69) is 4.98 Å². The summed E-state index contributed by atoms with van der Waals surface area (Å²) in [5.74, 6) is -1.99. The molecule has 0 spiro atoms. The SMILES string of the molecule is COc1c(N2CC(F)C(C(O)CO)C2)c(F)c(N)c2c(=O)[nH]c(=O)n(C3CC3)c12. The Labute approximate surface area is 163 Å². The van der Waals surface area contributed by atoms with E-state index in [0.717, 1.165) is 0 Å². The van der Waals surface area contributed by atoms with Gasteiger partial charge in [0.25, 0.3) is 5.56 Å². The second-order valence-electron chi connectivity index (χ2n) is 7.53. The van der Waals surface area contributed by atoms with Crippen LogP contribution in [0.4, 0.5) is 20.2 Å². The van der Waals surface area contributed by atoms with Crippen LogP contribution in [-0.2, 0) is 0 Å². The number of rotatable bonds is 5. The van der Waals surface area contributed by atoms with Gasteiger partial charge in [0.2, 0.25) is 0 Å². The Morgan fingerprint density at radius 3 is 2.62 bits per heavy atom. The number of alkyl halides is 1. The van der Waals surface area contributed by atoms with Crippen LogP contribution in [0.1, 0.15) is 18.9 Å². The van der Waals surface area contributed by atoms with E-state index in [1.54, 1.807) is 0 Å². The number of hydrogen-bond donors (Lipinski definition) is 4. The van der Waals surface area contributed by atoms with Crippen molar-refractivity contribution in [1.29, 1.82) is 0 Å². The van der Waals surface area contributed by atoms with Crippen LogP contribution in [0.15, 0.2) is 9.59 Å². The molecular weight excluding hydrogens is 390 g/mol. The predicted octanol–water partition coefficient (Wildman–Crippen LogP) is -0.118. The molecule has 5 N–H and O–H groups in total. The fourth-order valence-corrected chi connectivity index (χ4v) is 4.10. The summed E-state index contributed by atoms with van der Waals surface area (Å²) >= 11 is 0.